The fraction of sp³-hybridized carbons (Fsp3) is 0.538. The van der Waals surface area contributed by atoms with Crippen LogP contribution in [0.15, 0.2) is 23.1 Å². The molecule has 106 valence electrons. The van der Waals surface area contributed by atoms with E-state index in [9.17, 15) is 8.42 Å². The first-order valence-electron chi connectivity index (χ1n) is 6.38. The van der Waals surface area contributed by atoms with Crippen LogP contribution in [0.1, 0.15) is 26.2 Å². The molecule has 6 heteroatoms. The average molecular weight is 284 g/mol. The van der Waals surface area contributed by atoms with Crippen LogP contribution in [0.25, 0.3) is 0 Å². The van der Waals surface area contributed by atoms with E-state index in [4.69, 9.17) is 10.5 Å². The highest BCUT2D eigenvalue weighted by Gasteiger charge is 2.27. The molecule has 5 nitrogen and oxygen atoms in total. The lowest BCUT2D eigenvalue weighted by molar-refractivity contribution is 0.402. The summed E-state index contributed by atoms with van der Waals surface area (Å²) in [5, 5.41) is 0. The summed E-state index contributed by atoms with van der Waals surface area (Å²) in [4.78, 5) is 0.131. The molecule has 1 fully saturated rings. The Kier molecular flexibility index (Phi) is 4.01. The standard InChI is InChI=1S/C13H20N2O3S/c1-9(7-10-3-4-10)15-19(16,17)13-6-5-11(14)8-12(13)18-2/h5-6,8-10,15H,3-4,7,14H2,1-2H3. The molecule has 0 saturated heterocycles. The number of ether oxygens (including phenoxy) is 1. The van der Waals surface area contributed by atoms with Gasteiger partial charge in [-0.25, -0.2) is 13.1 Å². The van der Waals surface area contributed by atoms with Gasteiger partial charge in [0, 0.05) is 17.8 Å². The summed E-state index contributed by atoms with van der Waals surface area (Å²) in [7, 11) is -2.14. The number of hydrogen-bond acceptors (Lipinski definition) is 4. The minimum absolute atomic E-state index is 0.0697. The van der Waals surface area contributed by atoms with Gasteiger partial charge in [0.05, 0.1) is 7.11 Å². The molecule has 0 spiro atoms. The van der Waals surface area contributed by atoms with Crippen molar-refractivity contribution in [1.82, 2.24) is 4.72 Å². The molecule has 0 bridgehead atoms. The Balaban J connectivity index is 2.18. The SMILES string of the molecule is COc1cc(N)ccc1S(=O)(=O)NC(C)CC1CC1. The monoisotopic (exact) mass is 284 g/mol. The second kappa shape index (κ2) is 5.38. The molecular formula is C13H20N2O3S. The zero-order valence-corrected chi connectivity index (χ0v) is 12.0. The van der Waals surface area contributed by atoms with Crippen molar-refractivity contribution in [3.63, 3.8) is 0 Å². The first kappa shape index (κ1) is 14.1. The molecule has 1 saturated carbocycles. The van der Waals surface area contributed by atoms with E-state index in [2.05, 4.69) is 4.72 Å². The van der Waals surface area contributed by atoms with Gasteiger partial charge in [0.25, 0.3) is 0 Å². The quantitative estimate of drug-likeness (QED) is 0.780. The Hall–Kier alpha value is -1.27. The summed E-state index contributed by atoms with van der Waals surface area (Å²) >= 11 is 0. The van der Waals surface area contributed by atoms with Crippen molar-refractivity contribution >= 4 is 15.7 Å². The molecular weight excluding hydrogens is 264 g/mol. The van der Waals surface area contributed by atoms with Crippen LogP contribution in [0.2, 0.25) is 0 Å². The minimum Gasteiger partial charge on any atom is -0.495 e. The van der Waals surface area contributed by atoms with E-state index in [1.165, 1.54) is 32.1 Å². The van der Waals surface area contributed by atoms with Gasteiger partial charge in [-0.3, -0.25) is 0 Å². The fourth-order valence-corrected chi connectivity index (χ4v) is 3.54. The van der Waals surface area contributed by atoms with Crippen LogP contribution in [0.3, 0.4) is 0 Å². The predicted octanol–water partition coefficient (Wildman–Crippen LogP) is 1.74. The number of methoxy groups -OCH3 is 1. The molecule has 1 unspecified atom stereocenters. The van der Waals surface area contributed by atoms with Crippen molar-refractivity contribution in [1.29, 1.82) is 0 Å². The molecule has 2 rings (SSSR count). The highest BCUT2D eigenvalue weighted by Crippen LogP contribution is 2.34. The summed E-state index contributed by atoms with van der Waals surface area (Å²) in [6, 6.07) is 4.48. The van der Waals surface area contributed by atoms with Crippen molar-refractivity contribution in [2.75, 3.05) is 12.8 Å². The molecule has 1 aromatic rings. The first-order chi connectivity index (χ1) is 8.92. The lowest BCUT2D eigenvalue weighted by Gasteiger charge is -2.15. The Morgan fingerprint density at radius 1 is 1.47 bits per heavy atom. The van der Waals surface area contributed by atoms with Crippen molar-refractivity contribution in [3.8, 4) is 5.75 Å². The van der Waals surface area contributed by atoms with Crippen LogP contribution < -0.4 is 15.2 Å². The highest BCUT2D eigenvalue weighted by molar-refractivity contribution is 7.89. The average Bonchev–Trinajstić information content (AvgIpc) is 3.11. The maximum Gasteiger partial charge on any atom is 0.244 e. The van der Waals surface area contributed by atoms with Gasteiger partial charge in [0.1, 0.15) is 10.6 Å². The Morgan fingerprint density at radius 3 is 2.74 bits per heavy atom. The second-order valence-corrected chi connectivity index (χ2v) is 6.79. The van der Waals surface area contributed by atoms with Gasteiger partial charge in [0.2, 0.25) is 10.0 Å². The van der Waals surface area contributed by atoms with Gasteiger partial charge in [-0.15, -0.1) is 0 Å². The summed E-state index contributed by atoms with van der Waals surface area (Å²) in [6.07, 6.45) is 3.30. The Morgan fingerprint density at radius 2 is 2.16 bits per heavy atom. The van der Waals surface area contributed by atoms with Gasteiger partial charge in [-0.05, 0) is 31.4 Å². The summed E-state index contributed by atoms with van der Waals surface area (Å²) in [6.45, 7) is 1.89. The van der Waals surface area contributed by atoms with Crippen LogP contribution in [-0.2, 0) is 10.0 Å². The zero-order valence-electron chi connectivity index (χ0n) is 11.2. The largest absolute Gasteiger partial charge is 0.495 e. The molecule has 0 aromatic heterocycles. The van der Waals surface area contributed by atoms with Gasteiger partial charge < -0.3 is 10.5 Å². The summed E-state index contributed by atoms with van der Waals surface area (Å²) in [5.74, 6) is 0.942. The van der Waals surface area contributed by atoms with Gasteiger partial charge >= 0.3 is 0 Å². The maximum atomic E-state index is 12.3. The second-order valence-electron chi connectivity index (χ2n) is 5.11. The van der Waals surface area contributed by atoms with E-state index in [1.807, 2.05) is 6.92 Å². The number of benzene rings is 1. The number of nitrogens with one attached hydrogen (secondary N) is 1. The third-order valence-electron chi connectivity index (χ3n) is 3.22. The maximum absolute atomic E-state index is 12.3. The third kappa shape index (κ3) is 3.61. The van der Waals surface area contributed by atoms with Crippen molar-refractivity contribution < 1.29 is 13.2 Å². The van der Waals surface area contributed by atoms with E-state index in [1.54, 1.807) is 6.07 Å². The predicted molar refractivity (Wildman–Crippen MR) is 74.5 cm³/mol. The van der Waals surface area contributed by atoms with Crippen molar-refractivity contribution in [2.24, 2.45) is 5.92 Å². The number of hydrogen-bond donors (Lipinski definition) is 2. The van der Waals surface area contributed by atoms with E-state index in [0.717, 1.165) is 6.42 Å². The lowest BCUT2D eigenvalue weighted by Crippen LogP contribution is -2.33. The lowest BCUT2D eigenvalue weighted by atomic mass is 10.2. The number of sulfonamides is 1. The Bertz CT molecular complexity index is 553. The van der Waals surface area contributed by atoms with Crippen molar-refractivity contribution in [3.05, 3.63) is 18.2 Å². The third-order valence-corrected chi connectivity index (χ3v) is 4.85. The van der Waals surface area contributed by atoms with E-state index in [-0.39, 0.29) is 16.7 Å². The van der Waals surface area contributed by atoms with Gasteiger partial charge in [0.15, 0.2) is 0 Å². The van der Waals surface area contributed by atoms with E-state index < -0.39 is 10.0 Å². The molecule has 0 amide bonds. The molecule has 1 atom stereocenters. The summed E-state index contributed by atoms with van der Waals surface area (Å²) < 4.78 is 32.4. The molecule has 0 aliphatic heterocycles. The molecule has 0 radical (unpaired) electrons. The topological polar surface area (TPSA) is 81.4 Å². The molecule has 1 aromatic carbocycles. The highest BCUT2D eigenvalue weighted by atomic mass is 32.2. The molecule has 19 heavy (non-hydrogen) atoms. The van der Waals surface area contributed by atoms with Crippen LogP contribution in [0.4, 0.5) is 5.69 Å². The molecule has 0 heterocycles. The zero-order chi connectivity index (χ0) is 14.0. The molecule has 3 N–H and O–H groups in total. The first-order valence-corrected chi connectivity index (χ1v) is 7.86. The Labute approximate surface area is 114 Å². The van der Waals surface area contributed by atoms with E-state index >= 15 is 0 Å². The van der Waals surface area contributed by atoms with Crippen LogP contribution in [0.5, 0.6) is 5.75 Å². The van der Waals surface area contributed by atoms with Crippen LogP contribution >= 0.6 is 0 Å². The molecule has 1 aliphatic carbocycles. The molecule has 1 aliphatic rings. The van der Waals surface area contributed by atoms with Gasteiger partial charge in [-0.2, -0.15) is 0 Å². The number of rotatable bonds is 6. The van der Waals surface area contributed by atoms with E-state index in [0.29, 0.717) is 11.6 Å². The number of nitrogens with two attached hydrogens (primary N) is 1. The van der Waals surface area contributed by atoms with Crippen molar-refractivity contribution in [2.45, 2.75) is 37.1 Å². The van der Waals surface area contributed by atoms with Crippen LogP contribution in [-0.4, -0.2) is 21.6 Å². The number of nitrogen functional groups attached to an aromatic ring is 1. The normalized spacial score (nSPS) is 17.2. The van der Waals surface area contributed by atoms with Crippen LogP contribution in [0, 0.1) is 5.92 Å². The smallest absolute Gasteiger partial charge is 0.244 e. The fourth-order valence-electron chi connectivity index (χ4n) is 2.14. The number of anilines is 1. The minimum atomic E-state index is -3.57. The summed E-state index contributed by atoms with van der Waals surface area (Å²) in [5.41, 5.74) is 6.10. The van der Waals surface area contributed by atoms with Gasteiger partial charge in [-0.1, -0.05) is 12.8 Å².